The number of nitrogens with one attached hydrogen (secondary N) is 1. The zero-order chi connectivity index (χ0) is 8.27. The van der Waals surface area contributed by atoms with Gasteiger partial charge in [-0.25, -0.2) is 4.98 Å². The van der Waals surface area contributed by atoms with E-state index in [2.05, 4.69) is 15.3 Å². The minimum Gasteiger partial charge on any atom is -0.396 e. The molecule has 1 aromatic heterocycles. The number of hydrogen-bond acceptors (Lipinski definition) is 5. The Morgan fingerprint density at radius 3 is 2.82 bits per heavy atom. The third-order valence-electron chi connectivity index (χ3n) is 1.17. The van der Waals surface area contributed by atoms with Gasteiger partial charge in [0.15, 0.2) is 0 Å². The van der Waals surface area contributed by atoms with Crippen LogP contribution in [0, 0.1) is 0 Å². The van der Waals surface area contributed by atoms with Crippen LogP contribution in [-0.4, -0.2) is 12.1 Å². The van der Waals surface area contributed by atoms with Gasteiger partial charge in [-0.1, -0.05) is 0 Å². The van der Waals surface area contributed by atoms with Gasteiger partial charge in [0.1, 0.15) is 5.82 Å². The molecule has 0 aliphatic rings. The second-order valence-electron chi connectivity index (χ2n) is 2.00. The van der Waals surface area contributed by atoms with Gasteiger partial charge in [-0.15, -0.1) is 0 Å². The molecule has 1 heterocycles. The maximum Gasteiger partial charge on any atom is 0.146 e. The van der Waals surface area contributed by atoms with Gasteiger partial charge in [0.05, 0.1) is 24.7 Å². The van der Waals surface area contributed by atoms with Crippen LogP contribution in [0.1, 0.15) is 0 Å². The van der Waals surface area contributed by atoms with E-state index in [-0.39, 0.29) is 0 Å². The molecule has 0 saturated heterocycles. The molecular formula is C6H10N4O. The zero-order valence-electron chi connectivity index (χ0n) is 6.16. The fourth-order valence-electron chi connectivity index (χ4n) is 0.666. The summed E-state index contributed by atoms with van der Waals surface area (Å²) in [6.07, 6.45) is 1.54. The van der Waals surface area contributed by atoms with Crippen LogP contribution in [0.25, 0.3) is 0 Å². The minimum absolute atomic E-state index is 0.326. The van der Waals surface area contributed by atoms with Gasteiger partial charge in [0, 0.05) is 0 Å². The molecule has 11 heavy (non-hydrogen) atoms. The number of nitrogens with zero attached hydrogens (tertiary/aromatic N) is 1. The van der Waals surface area contributed by atoms with Crippen LogP contribution in [0.3, 0.4) is 0 Å². The number of aromatic nitrogens is 1. The molecule has 0 radical (unpaired) electrons. The first-order valence-corrected chi connectivity index (χ1v) is 3.04. The van der Waals surface area contributed by atoms with Crippen LogP contribution < -0.4 is 16.9 Å². The number of hydrogen-bond donors (Lipinski definition) is 3. The molecule has 0 saturated carbocycles. The summed E-state index contributed by atoms with van der Waals surface area (Å²) < 4.78 is 0. The summed E-state index contributed by atoms with van der Waals surface area (Å²) >= 11 is 0. The predicted molar refractivity (Wildman–Crippen MR) is 43.7 cm³/mol. The Hall–Kier alpha value is -1.49. The topological polar surface area (TPSA) is 86.2 Å². The average molecular weight is 154 g/mol. The molecule has 0 amide bonds. The summed E-state index contributed by atoms with van der Waals surface area (Å²) in [6.45, 7) is 0. The highest BCUT2D eigenvalue weighted by Gasteiger charge is 1.96. The van der Waals surface area contributed by atoms with Crippen molar-refractivity contribution in [3.05, 3.63) is 12.3 Å². The van der Waals surface area contributed by atoms with E-state index >= 15 is 0 Å². The van der Waals surface area contributed by atoms with Crippen LogP contribution in [0.5, 0.6) is 0 Å². The summed E-state index contributed by atoms with van der Waals surface area (Å²) in [5, 5.41) is 0. The molecule has 0 bridgehead atoms. The molecule has 0 atom stereocenters. The van der Waals surface area contributed by atoms with E-state index in [0.29, 0.717) is 17.2 Å². The van der Waals surface area contributed by atoms with Crippen molar-refractivity contribution in [2.24, 2.45) is 0 Å². The van der Waals surface area contributed by atoms with Crippen LogP contribution >= 0.6 is 0 Å². The Balaban J connectivity index is 2.86. The van der Waals surface area contributed by atoms with Crippen molar-refractivity contribution in [3.63, 3.8) is 0 Å². The van der Waals surface area contributed by atoms with Crippen LogP contribution in [0.2, 0.25) is 0 Å². The fraction of sp³-hybridized carbons (Fsp3) is 0.167. The van der Waals surface area contributed by atoms with E-state index in [0.717, 1.165) is 0 Å². The maximum absolute atomic E-state index is 5.47. The van der Waals surface area contributed by atoms with Crippen molar-refractivity contribution in [1.82, 2.24) is 4.98 Å². The Kier molecular flexibility index (Phi) is 2.12. The average Bonchev–Trinajstić information content (AvgIpc) is 1.98. The molecule has 0 fully saturated rings. The molecule has 0 aromatic carbocycles. The van der Waals surface area contributed by atoms with Crippen molar-refractivity contribution in [3.8, 4) is 0 Å². The molecule has 1 rings (SSSR count). The number of nitrogen functional groups attached to an aromatic ring is 2. The highest BCUT2D eigenvalue weighted by Crippen LogP contribution is 2.15. The van der Waals surface area contributed by atoms with Gasteiger partial charge in [0.2, 0.25) is 0 Å². The molecular weight excluding hydrogens is 144 g/mol. The molecule has 60 valence electrons. The van der Waals surface area contributed by atoms with Gasteiger partial charge in [-0.3, -0.25) is 10.3 Å². The summed E-state index contributed by atoms with van der Waals surface area (Å²) in [5.41, 5.74) is 14.5. The maximum atomic E-state index is 5.47. The van der Waals surface area contributed by atoms with Crippen LogP contribution in [0.4, 0.5) is 17.2 Å². The Labute approximate surface area is 64.3 Å². The quantitative estimate of drug-likeness (QED) is 0.530. The summed E-state index contributed by atoms with van der Waals surface area (Å²) in [7, 11) is 1.51. The van der Waals surface area contributed by atoms with Gasteiger partial charge in [-0.05, 0) is 6.07 Å². The highest BCUT2D eigenvalue weighted by molar-refractivity contribution is 5.63. The largest absolute Gasteiger partial charge is 0.396 e. The molecule has 0 aliphatic carbocycles. The third-order valence-corrected chi connectivity index (χ3v) is 1.17. The lowest BCUT2D eigenvalue weighted by atomic mass is 10.3. The van der Waals surface area contributed by atoms with Gasteiger partial charge in [0.25, 0.3) is 0 Å². The second-order valence-corrected chi connectivity index (χ2v) is 2.00. The smallest absolute Gasteiger partial charge is 0.146 e. The number of rotatable bonds is 2. The summed E-state index contributed by atoms with van der Waals surface area (Å²) in [6, 6.07) is 1.64. The standard InChI is InChI=1S/C6H10N4O/c1-11-10-4-2-5(7)6(8)9-3-4/h2-3,10H,7H2,1H3,(H2,8,9). The molecule has 5 nitrogen and oxygen atoms in total. The van der Waals surface area contributed by atoms with E-state index in [4.69, 9.17) is 11.5 Å². The van der Waals surface area contributed by atoms with E-state index in [1.165, 1.54) is 13.3 Å². The van der Waals surface area contributed by atoms with Gasteiger partial charge in [-0.2, -0.15) is 0 Å². The van der Waals surface area contributed by atoms with Crippen LogP contribution in [0.15, 0.2) is 12.3 Å². The zero-order valence-corrected chi connectivity index (χ0v) is 6.16. The van der Waals surface area contributed by atoms with Gasteiger partial charge < -0.3 is 11.5 Å². The molecule has 0 aliphatic heterocycles. The van der Waals surface area contributed by atoms with Crippen molar-refractivity contribution in [2.75, 3.05) is 24.1 Å². The van der Waals surface area contributed by atoms with Crippen molar-refractivity contribution >= 4 is 17.2 Å². The number of anilines is 3. The van der Waals surface area contributed by atoms with E-state index in [1.807, 2.05) is 0 Å². The molecule has 1 aromatic rings. The van der Waals surface area contributed by atoms with Crippen LogP contribution in [-0.2, 0) is 4.84 Å². The third kappa shape index (κ3) is 1.71. The Bertz CT molecular complexity index is 250. The van der Waals surface area contributed by atoms with Gasteiger partial charge >= 0.3 is 0 Å². The lowest BCUT2D eigenvalue weighted by Gasteiger charge is -2.03. The first kappa shape index (κ1) is 7.62. The first-order chi connectivity index (χ1) is 5.24. The predicted octanol–water partition coefficient (Wildman–Crippen LogP) is 0.219. The second kappa shape index (κ2) is 3.07. The minimum atomic E-state index is 0.326. The van der Waals surface area contributed by atoms with E-state index in [1.54, 1.807) is 6.07 Å². The molecule has 0 spiro atoms. The van der Waals surface area contributed by atoms with Crippen molar-refractivity contribution in [2.45, 2.75) is 0 Å². The van der Waals surface area contributed by atoms with Crippen molar-refractivity contribution in [1.29, 1.82) is 0 Å². The van der Waals surface area contributed by atoms with Crippen molar-refractivity contribution < 1.29 is 4.84 Å². The number of nitrogens with two attached hydrogens (primary N) is 2. The lowest BCUT2D eigenvalue weighted by Crippen LogP contribution is -2.01. The highest BCUT2D eigenvalue weighted by atomic mass is 16.6. The normalized spacial score (nSPS) is 9.55. The molecule has 5 heteroatoms. The molecule has 0 unspecified atom stereocenters. The van der Waals surface area contributed by atoms with E-state index in [9.17, 15) is 0 Å². The SMILES string of the molecule is CONc1cnc(N)c(N)c1. The Morgan fingerprint density at radius 2 is 2.27 bits per heavy atom. The number of pyridine rings is 1. The van der Waals surface area contributed by atoms with E-state index < -0.39 is 0 Å². The summed E-state index contributed by atoms with van der Waals surface area (Å²) in [5.74, 6) is 0.326. The fourth-order valence-corrected chi connectivity index (χ4v) is 0.666. The monoisotopic (exact) mass is 154 g/mol. The lowest BCUT2D eigenvalue weighted by molar-refractivity contribution is 0.271. The Morgan fingerprint density at radius 1 is 1.55 bits per heavy atom. The molecule has 5 N–H and O–H groups in total. The first-order valence-electron chi connectivity index (χ1n) is 3.04. The summed E-state index contributed by atoms with van der Waals surface area (Å²) in [4.78, 5) is 8.44.